The zero-order chi connectivity index (χ0) is 33.6. The number of likely N-dealkylation sites (N-methyl/N-ethyl adjacent to an activating group) is 1. The number of carboxylic acid groups (broad SMARTS) is 1. The topological polar surface area (TPSA) is 186 Å². The van der Waals surface area contributed by atoms with Crippen molar-refractivity contribution in [1.29, 1.82) is 0 Å². The summed E-state index contributed by atoms with van der Waals surface area (Å²) in [5, 5.41) is 9.25. The van der Waals surface area contributed by atoms with Crippen molar-refractivity contribution in [3.05, 3.63) is 71.8 Å². The maximum absolute atomic E-state index is 13.4. The first-order valence-electron chi connectivity index (χ1n) is 15.0. The summed E-state index contributed by atoms with van der Waals surface area (Å²) in [6.07, 6.45) is 0.981. The molecule has 2 aromatic carbocycles. The Kier molecular flexibility index (Phi) is 17.9. The molecule has 1 unspecified atom stereocenters. The van der Waals surface area contributed by atoms with Gasteiger partial charge in [-0.15, -0.1) is 4.76 Å². The van der Waals surface area contributed by atoms with Gasteiger partial charge in [0.05, 0.1) is 39.6 Å². The Balaban J connectivity index is 1.72. The lowest BCUT2D eigenvalue weighted by Crippen LogP contribution is -2.44. The number of unbranched alkanes of at least 4 members (excludes halogenated alkanes) is 2. The summed E-state index contributed by atoms with van der Waals surface area (Å²) in [5.41, 5.74) is 7.98. The molecule has 0 fully saturated rings. The fourth-order valence-electron chi connectivity index (χ4n) is 3.61. The number of nitrogens with two attached hydrogens (primary N) is 1. The Hall–Kier alpha value is -4.13. The normalized spacial score (nSPS) is 12.2. The molecule has 15 heteroatoms. The van der Waals surface area contributed by atoms with Crippen molar-refractivity contribution in [1.82, 2.24) is 4.90 Å². The summed E-state index contributed by atoms with van der Waals surface area (Å²) < 4.78 is 48.4. The Labute approximate surface area is 269 Å². The molecule has 254 valence electrons. The minimum absolute atomic E-state index is 0.0532. The van der Waals surface area contributed by atoms with Gasteiger partial charge in [0.15, 0.2) is 0 Å². The molecule has 2 aromatic rings. The highest BCUT2D eigenvalue weighted by atomic mass is 31.2. The molecular weight excluding hydrogens is 621 g/mol. The van der Waals surface area contributed by atoms with Gasteiger partial charge in [0.2, 0.25) is 5.96 Å². The first kappa shape index (κ1) is 38.1. The highest BCUT2D eigenvalue weighted by molar-refractivity contribution is 7.52. The molecule has 2 rings (SSSR count). The summed E-state index contributed by atoms with van der Waals surface area (Å²) in [4.78, 5) is 36.0. The van der Waals surface area contributed by atoms with Crippen molar-refractivity contribution >= 4 is 32.0 Å². The standard InChI is InChI=1S/C31H44N3O11P/c1-25(28(35)36)34(2)29(32)33-46(39,44-21-11-9-19-40-30(37)42-23-17-26-13-5-3-6-14-26)45-22-12-10-20-41-31(38)43-24-18-27-15-7-4-8-16-27/h3-8,13-16,25H,9-12,17-24H2,1-2H3,(H,35,36)(H2,32,33,39). The smallest absolute Gasteiger partial charge is 0.480 e. The second kappa shape index (κ2) is 21.6. The number of rotatable bonds is 21. The summed E-state index contributed by atoms with van der Waals surface area (Å²) in [6, 6.07) is 18.1. The van der Waals surface area contributed by atoms with E-state index in [1.165, 1.54) is 14.0 Å². The van der Waals surface area contributed by atoms with Crippen LogP contribution in [0.3, 0.4) is 0 Å². The van der Waals surface area contributed by atoms with Crippen LogP contribution < -0.4 is 5.73 Å². The van der Waals surface area contributed by atoms with Gasteiger partial charge in [-0.3, -0.25) is 9.05 Å². The van der Waals surface area contributed by atoms with Crippen LogP contribution in [0.5, 0.6) is 0 Å². The largest absolute Gasteiger partial charge is 0.508 e. The Morgan fingerprint density at radius 1 is 0.739 bits per heavy atom. The number of guanidine groups is 1. The summed E-state index contributed by atoms with van der Waals surface area (Å²) in [6.45, 7) is 1.72. The van der Waals surface area contributed by atoms with E-state index in [2.05, 4.69) is 4.76 Å². The van der Waals surface area contributed by atoms with E-state index in [1.807, 2.05) is 60.7 Å². The lowest BCUT2D eigenvalue weighted by molar-refractivity contribution is -0.140. The van der Waals surface area contributed by atoms with Crippen LogP contribution in [0.1, 0.15) is 43.7 Å². The van der Waals surface area contributed by atoms with Crippen molar-refractivity contribution in [2.24, 2.45) is 10.5 Å². The first-order valence-corrected chi connectivity index (χ1v) is 16.5. The van der Waals surface area contributed by atoms with Crippen LogP contribution in [0.15, 0.2) is 65.4 Å². The van der Waals surface area contributed by atoms with Gasteiger partial charge in [-0.05, 0) is 43.7 Å². The summed E-state index contributed by atoms with van der Waals surface area (Å²) in [7, 11) is -2.78. The van der Waals surface area contributed by atoms with Crippen LogP contribution in [0, 0.1) is 0 Å². The van der Waals surface area contributed by atoms with Crippen LogP contribution >= 0.6 is 7.75 Å². The van der Waals surface area contributed by atoms with Crippen LogP contribution in [0.4, 0.5) is 9.59 Å². The van der Waals surface area contributed by atoms with Crippen LogP contribution in [-0.2, 0) is 50.2 Å². The van der Waals surface area contributed by atoms with E-state index < -0.39 is 32.1 Å². The molecule has 0 heterocycles. The lowest BCUT2D eigenvalue weighted by atomic mass is 10.2. The van der Waals surface area contributed by atoms with Gasteiger partial charge in [-0.1, -0.05) is 60.7 Å². The molecule has 0 aliphatic rings. The van der Waals surface area contributed by atoms with E-state index in [9.17, 15) is 24.1 Å². The van der Waals surface area contributed by atoms with Crippen molar-refractivity contribution in [2.45, 2.75) is 51.5 Å². The van der Waals surface area contributed by atoms with E-state index in [0.717, 1.165) is 16.0 Å². The third kappa shape index (κ3) is 16.3. The average molecular weight is 666 g/mol. The van der Waals surface area contributed by atoms with Gasteiger partial charge in [0.25, 0.3) is 0 Å². The Bertz CT molecular complexity index is 1190. The van der Waals surface area contributed by atoms with Crippen molar-refractivity contribution in [3.8, 4) is 0 Å². The number of hydrogen-bond acceptors (Lipinski definition) is 10. The van der Waals surface area contributed by atoms with E-state index >= 15 is 0 Å². The molecule has 0 radical (unpaired) electrons. The molecule has 0 amide bonds. The van der Waals surface area contributed by atoms with Gasteiger partial charge >= 0.3 is 26.0 Å². The van der Waals surface area contributed by atoms with Gasteiger partial charge in [0.1, 0.15) is 6.04 Å². The number of nitrogens with zero attached hydrogens (tertiary/aromatic N) is 2. The molecule has 0 aromatic heterocycles. The molecule has 0 bridgehead atoms. The molecule has 0 saturated heterocycles. The van der Waals surface area contributed by atoms with Crippen LogP contribution in [0.25, 0.3) is 0 Å². The molecule has 0 aliphatic carbocycles. The minimum Gasteiger partial charge on any atom is -0.480 e. The fraction of sp³-hybridized carbons (Fsp3) is 0.484. The number of carbonyl (C=O) groups is 3. The minimum atomic E-state index is -4.16. The SMILES string of the molecule is CC(C(=O)O)N(C)C(N)=NP(=O)(OCCCCOC(=O)OCCc1ccccc1)OCCCCOC(=O)OCCc1ccccc1. The van der Waals surface area contributed by atoms with Gasteiger partial charge in [-0.2, -0.15) is 0 Å². The molecule has 14 nitrogen and oxygen atoms in total. The highest BCUT2D eigenvalue weighted by Crippen LogP contribution is 2.50. The molecule has 0 saturated carbocycles. The Morgan fingerprint density at radius 3 is 1.54 bits per heavy atom. The summed E-state index contributed by atoms with van der Waals surface area (Å²) in [5.74, 6) is -1.50. The van der Waals surface area contributed by atoms with E-state index in [0.29, 0.717) is 38.5 Å². The fourth-order valence-corrected chi connectivity index (χ4v) is 4.91. The van der Waals surface area contributed by atoms with Crippen LogP contribution in [-0.4, -0.2) is 87.0 Å². The average Bonchev–Trinajstić information content (AvgIpc) is 3.04. The molecular formula is C31H44N3O11P. The third-order valence-corrected chi connectivity index (χ3v) is 7.93. The third-order valence-electron chi connectivity index (χ3n) is 6.46. The quantitative estimate of drug-likeness (QED) is 0.0583. The number of hydrogen-bond donors (Lipinski definition) is 2. The zero-order valence-electron chi connectivity index (χ0n) is 26.3. The molecule has 3 N–H and O–H groups in total. The number of aliphatic carboxylic acids is 1. The van der Waals surface area contributed by atoms with Gasteiger partial charge in [-0.25, -0.2) is 18.9 Å². The zero-order valence-corrected chi connectivity index (χ0v) is 27.2. The van der Waals surface area contributed by atoms with Crippen molar-refractivity contribution in [3.63, 3.8) is 0 Å². The van der Waals surface area contributed by atoms with Crippen molar-refractivity contribution in [2.75, 3.05) is 46.7 Å². The number of carbonyl (C=O) groups excluding carboxylic acids is 2. The van der Waals surface area contributed by atoms with Gasteiger partial charge < -0.3 is 34.7 Å². The lowest BCUT2D eigenvalue weighted by Gasteiger charge is -2.23. The molecule has 0 spiro atoms. The van der Waals surface area contributed by atoms with E-state index in [-0.39, 0.29) is 45.6 Å². The number of ether oxygens (including phenoxy) is 4. The Morgan fingerprint density at radius 2 is 1.13 bits per heavy atom. The maximum atomic E-state index is 13.4. The second-order valence-corrected chi connectivity index (χ2v) is 11.7. The van der Waals surface area contributed by atoms with Crippen molar-refractivity contribution < 1.29 is 52.1 Å². The van der Waals surface area contributed by atoms with Gasteiger partial charge in [0, 0.05) is 19.9 Å². The first-order chi connectivity index (χ1) is 22.1. The number of benzene rings is 2. The molecule has 46 heavy (non-hydrogen) atoms. The molecule has 1 atom stereocenters. The van der Waals surface area contributed by atoms with E-state index in [4.69, 9.17) is 33.7 Å². The number of carboxylic acids is 1. The highest BCUT2D eigenvalue weighted by Gasteiger charge is 2.27. The maximum Gasteiger partial charge on any atom is 0.508 e. The molecule has 0 aliphatic heterocycles. The monoisotopic (exact) mass is 665 g/mol. The summed E-state index contributed by atoms with van der Waals surface area (Å²) >= 11 is 0. The second-order valence-electron chi connectivity index (χ2n) is 10.00. The predicted molar refractivity (Wildman–Crippen MR) is 169 cm³/mol. The van der Waals surface area contributed by atoms with Crippen LogP contribution in [0.2, 0.25) is 0 Å². The predicted octanol–water partition coefficient (Wildman–Crippen LogP) is 5.20. The van der Waals surface area contributed by atoms with E-state index in [1.54, 1.807) is 0 Å².